The van der Waals surface area contributed by atoms with Crippen molar-refractivity contribution in [2.75, 3.05) is 0 Å². The number of hydrogen-bond acceptors (Lipinski definition) is 1. The van der Waals surface area contributed by atoms with E-state index in [9.17, 15) is 0 Å². The molecule has 1 nitrogen and oxygen atoms in total. The molecule has 0 heterocycles. The fourth-order valence-electron chi connectivity index (χ4n) is 1.14. The van der Waals surface area contributed by atoms with Crippen LogP contribution in [0.4, 0.5) is 0 Å². The quantitative estimate of drug-likeness (QED) is 0.695. The van der Waals surface area contributed by atoms with E-state index in [2.05, 4.69) is 0 Å². The van der Waals surface area contributed by atoms with Crippen molar-refractivity contribution in [3.05, 3.63) is 46.7 Å². The van der Waals surface area contributed by atoms with Crippen molar-refractivity contribution in [3.63, 3.8) is 0 Å². The van der Waals surface area contributed by atoms with Gasteiger partial charge in [0.1, 0.15) is 11.5 Å². The van der Waals surface area contributed by atoms with Crippen molar-refractivity contribution in [1.29, 1.82) is 0 Å². The van der Waals surface area contributed by atoms with E-state index >= 15 is 0 Å². The number of benzene rings is 1. The monoisotopic (exact) mass is 242 g/mol. The fourth-order valence-corrected chi connectivity index (χ4v) is 1.30. The van der Waals surface area contributed by atoms with Gasteiger partial charge in [-0.3, -0.25) is 0 Å². The van der Waals surface area contributed by atoms with Gasteiger partial charge >= 0.3 is 0 Å². The fraction of sp³-hybridized carbons (Fsp3) is 0.167. The Hall–Kier alpha value is -0.920. The zero-order valence-electron chi connectivity index (χ0n) is 8.63. The summed E-state index contributed by atoms with van der Waals surface area (Å²) >= 11 is 11.2. The standard InChI is InChI=1S/C12H12Cl2O/c1-9(7-13)11-5-3-4-6-12(11)15-10(2)8-14/h3-8H,1-2H3/b9-7+,10-8+. The van der Waals surface area contributed by atoms with Gasteiger partial charge in [-0.2, -0.15) is 0 Å². The van der Waals surface area contributed by atoms with Crippen molar-refractivity contribution >= 4 is 28.8 Å². The molecule has 0 aromatic heterocycles. The van der Waals surface area contributed by atoms with E-state index in [1.807, 2.05) is 31.2 Å². The van der Waals surface area contributed by atoms with Crippen molar-refractivity contribution in [3.8, 4) is 5.75 Å². The van der Waals surface area contributed by atoms with Crippen molar-refractivity contribution in [2.24, 2.45) is 0 Å². The molecule has 0 bridgehead atoms. The topological polar surface area (TPSA) is 9.23 Å². The van der Waals surface area contributed by atoms with Gasteiger partial charge in [-0.05, 0) is 25.5 Å². The molecule has 1 rings (SSSR count). The van der Waals surface area contributed by atoms with Crippen LogP contribution in [0.2, 0.25) is 0 Å². The van der Waals surface area contributed by atoms with Gasteiger partial charge in [-0.1, -0.05) is 41.4 Å². The zero-order valence-corrected chi connectivity index (χ0v) is 10.1. The molecule has 1 aromatic carbocycles. The van der Waals surface area contributed by atoms with E-state index < -0.39 is 0 Å². The summed E-state index contributed by atoms with van der Waals surface area (Å²) in [6, 6.07) is 7.67. The number of halogens is 2. The molecular weight excluding hydrogens is 231 g/mol. The Morgan fingerprint density at radius 1 is 1.13 bits per heavy atom. The molecule has 3 heteroatoms. The Balaban J connectivity index is 3.07. The third-order valence-electron chi connectivity index (χ3n) is 1.90. The summed E-state index contributed by atoms with van der Waals surface area (Å²) < 4.78 is 5.55. The molecule has 0 fully saturated rings. The molecule has 0 N–H and O–H groups in total. The average molecular weight is 243 g/mol. The number of rotatable bonds is 3. The van der Waals surface area contributed by atoms with Gasteiger partial charge in [0.2, 0.25) is 0 Å². The molecule has 15 heavy (non-hydrogen) atoms. The number of para-hydroxylation sites is 1. The van der Waals surface area contributed by atoms with E-state index in [4.69, 9.17) is 27.9 Å². The molecule has 0 amide bonds. The molecule has 0 atom stereocenters. The predicted molar refractivity (Wildman–Crippen MR) is 66.2 cm³/mol. The molecule has 0 aliphatic rings. The second-order valence-corrected chi connectivity index (χ2v) is 3.55. The third-order valence-corrected chi connectivity index (χ3v) is 2.53. The average Bonchev–Trinajstić information content (AvgIpc) is 2.28. The van der Waals surface area contributed by atoms with E-state index in [0.29, 0.717) is 5.76 Å². The lowest BCUT2D eigenvalue weighted by Gasteiger charge is -2.10. The van der Waals surface area contributed by atoms with Crippen LogP contribution < -0.4 is 4.74 Å². The maximum atomic E-state index is 5.67. The van der Waals surface area contributed by atoms with Crippen LogP contribution in [0.15, 0.2) is 41.1 Å². The first-order chi connectivity index (χ1) is 7.19. The summed E-state index contributed by atoms with van der Waals surface area (Å²) in [6.45, 7) is 3.72. The SMILES string of the molecule is C/C(=C\Cl)Oc1ccccc1/C(C)=C/Cl. The number of hydrogen-bond donors (Lipinski definition) is 0. The van der Waals surface area contributed by atoms with Crippen LogP contribution in [0.3, 0.4) is 0 Å². The largest absolute Gasteiger partial charge is 0.460 e. The van der Waals surface area contributed by atoms with Crippen LogP contribution in [0.1, 0.15) is 19.4 Å². The van der Waals surface area contributed by atoms with Crippen LogP contribution in [-0.2, 0) is 0 Å². The van der Waals surface area contributed by atoms with Crippen LogP contribution in [0.25, 0.3) is 5.57 Å². The van der Waals surface area contributed by atoms with Gasteiger partial charge in [0.15, 0.2) is 0 Å². The number of allylic oxidation sites excluding steroid dienone is 2. The molecule has 0 saturated carbocycles. The second-order valence-electron chi connectivity index (χ2n) is 3.11. The molecule has 0 aliphatic heterocycles. The van der Waals surface area contributed by atoms with Crippen LogP contribution in [0, 0.1) is 0 Å². The van der Waals surface area contributed by atoms with E-state index in [0.717, 1.165) is 16.9 Å². The Morgan fingerprint density at radius 3 is 2.40 bits per heavy atom. The molecule has 80 valence electrons. The number of ether oxygens (including phenoxy) is 1. The molecule has 0 radical (unpaired) electrons. The Bertz CT molecular complexity index is 394. The smallest absolute Gasteiger partial charge is 0.134 e. The molecule has 0 aliphatic carbocycles. The third kappa shape index (κ3) is 3.29. The lowest BCUT2D eigenvalue weighted by atomic mass is 10.1. The molecule has 0 unspecified atom stereocenters. The van der Waals surface area contributed by atoms with E-state index in [-0.39, 0.29) is 0 Å². The Labute approximate surface area is 100.0 Å². The van der Waals surface area contributed by atoms with Crippen LogP contribution >= 0.6 is 23.2 Å². The first-order valence-corrected chi connectivity index (χ1v) is 5.37. The van der Waals surface area contributed by atoms with E-state index in [1.165, 1.54) is 11.1 Å². The minimum atomic E-state index is 0.645. The summed E-state index contributed by atoms with van der Waals surface area (Å²) in [5, 5.41) is 0. The van der Waals surface area contributed by atoms with Crippen LogP contribution in [0.5, 0.6) is 5.75 Å². The van der Waals surface area contributed by atoms with Gasteiger partial charge in [0, 0.05) is 16.6 Å². The maximum absolute atomic E-state index is 5.67. The van der Waals surface area contributed by atoms with Gasteiger partial charge in [-0.15, -0.1) is 0 Å². The second kappa shape index (κ2) is 5.84. The molecule has 0 spiro atoms. The summed E-state index contributed by atoms with van der Waals surface area (Å²) in [7, 11) is 0. The van der Waals surface area contributed by atoms with Gasteiger partial charge in [-0.25, -0.2) is 0 Å². The highest BCUT2D eigenvalue weighted by molar-refractivity contribution is 6.28. The van der Waals surface area contributed by atoms with Crippen LogP contribution in [-0.4, -0.2) is 0 Å². The molecular formula is C12H12Cl2O. The highest BCUT2D eigenvalue weighted by Crippen LogP contribution is 2.27. The van der Waals surface area contributed by atoms with Gasteiger partial charge < -0.3 is 4.74 Å². The summed E-state index contributed by atoms with van der Waals surface area (Å²) in [5.41, 5.74) is 4.85. The van der Waals surface area contributed by atoms with Crippen molar-refractivity contribution in [1.82, 2.24) is 0 Å². The lowest BCUT2D eigenvalue weighted by Crippen LogP contribution is -1.93. The predicted octanol–water partition coefficient (Wildman–Crippen LogP) is 4.77. The van der Waals surface area contributed by atoms with Gasteiger partial charge in [0.25, 0.3) is 0 Å². The first-order valence-electron chi connectivity index (χ1n) is 4.50. The minimum Gasteiger partial charge on any atom is -0.460 e. The molecule has 0 saturated heterocycles. The van der Waals surface area contributed by atoms with E-state index in [1.54, 1.807) is 6.92 Å². The Morgan fingerprint density at radius 2 is 1.80 bits per heavy atom. The van der Waals surface area contributed by atoms with Gasteiger partial charge in [0.05, 0.1) is 0 Å². The molecule has 1 aromatic rings. The highest BCUT2D eigenvalue weighted by atomic mass is 35.5. The summed E-state index contributed by atoms with van der Waals surface area (Å²) in [5.74, 6) is 1.40. The summed E-state index contributed by atoms with van der Waals surface area (Å²) in [4.78, 5) is 0. The highest BCUT2D eigenvalue weighted by Gasteiger charge is 2.04. The van der Waals surface area contributed by atoms with Crippen molar-refractivity contribution < 1.29 is 4.74 Å². The van der Waals surface area contributed by atoms with Crippen molar-refractivity contribution in [2.45, 2.75) is 13.8 Å². The Kier molecular flexibility index (Phi) is 4.73. The normalized spacial score (nSPS) is 12.8. The maximum Gasteiger partial charge on any atom is 0.134 e. The summed E-state index contributed by atoms with van der Waals surface area (Å²) in [6.07, 6.45) is 0. The lowest BCUT2D eigenvalue weighted by molar-refractivity contribution is 0.428. The minimum absolute atomic E-state index is 0.645. The first kappa shape index (κ1) is 12.2. The zero-order chi connectivity index (χ0) is 11.3.